The smallest absolute Gasteiger partial charge is 0.325 e. The fraction of sp³-hybridized carbons (Fsp3) is 0.385. The van der Waals surface area contributed by atoms with E-state index in [9.17, 15) is 9.59 Å². The Kier molecular flexibility index (Phi) is 4.01. The summed E-state index contributed by atoms with van der Waals surface area (Å²) < 4.78 is 9.96. The molecule has 0 saturated heterocycles. The van der Waals surface area contributed by atoms with E-state index in [-0.39, 0.29) is 19.1 Å². The topological polar surface area (TPSA) is 67.9 Å². The lowest BCUT2D eigenvalue weighted by Gasteiger charge is -2.28. The third-order valence-electron chi connectivity index (χ3n) is 2.86. The van der Waals surface area contributed by atoms with Crippen molar-refractivity contribution in [1.82, 2.24) is 5.32 Å². The van der Waals surface area contributed by atoms with Gasteiger partial charge in [-0.2, -0.15) is 0 Å². The highest BCUT2D eigenvalue weighted by Crippen LogP contribution is 2.32. The van der Waals surface area contributed by atoms with Gasteiger partial charge in [0.1, 0.15) is 12.3 Å². The van der Waals surface area contributed by atoms with Crippen LogP contribution >= 0.6 is 0 Å². The van der Waals surface area contributed by atoms with Gasteiger partial charge in [0.25, 0.3) is 5.91 Å². The number of methoxy groups -OCH3 is 1. The molecule has 102 valence electrons. The normalized spacial score (nSPS) is 13.8. The van der Waals surface area contributed by atoms with Crippen LogP contribution in [0.4, 0.5) is 5.69 Å². The molecule has 1 aromatic rings. The van der Waals surface area contributed by atoms with Gasteiger partial charge < -0.3 is 14.8 Å². The zero-order valence-corrected chi connectivity index (χ0v) is 10.9. The second-order valence-electron chi connectivity index (χ2n) is 4.18. The molecule has 0 atom stereocenters. The molecule has 0 spiro atoms. The molecule has 1 aliphatic heterocycles. The second-order valence-corrected chi connectivity index (χ2v) is 4.18. The average Bonchev–Trinajstić information content (AvgIpc) is 2.42. The van der Waals surface area contributed by atoms with Crippen LogP contribution in [-0.4, -0.2) is 39.2 Å². The van der Waals surface area contributed by atoms with E-state index in [2.05, 4.69) is 10.1 Å². The highest BCUT2D eigenvalue weighted by molar-refractivity contribution is 6.01. The number of nitrogens with one attached hydrogen (secondary N) is 1. The van der Waals surface area contributed by atoms with Crippen molar-refractivity contribution in [3.05, 3.63) is 23.8 Å². The third-order valence-corrected chi connectivity index (χ3v) is 2.86. The van der Waals surface area contributed by atoms with Crippen LogP contribution in [-0.2, 0) is 20.9 Å². The first-order valence-electron chi connectivity index (χ1n) is 5.93. The molecule has 1 amide bonds. The van der Waals surface area contributed by atoms with Gasteiger partial charge in [0, 0.05) is 6.54 Å². The van der Waals surface area contributed by atoms with Crippen LogP contribution in [0, 0.1) is 0 Å². The minimum absolute atomic E-state index is 0.0602. The Labute approximate surface area is 111 Å². The highest BCUT2D eigenvalue weighted by Gasteiger charge is 2.27. The Bertz CT molecular complexity index is 501. The summed E-state index contributed by atoms with van der Waals surface area (Å²) in [6.45, 7) is 0.512. The monoisotopic (exact) mass is 264 g/mol. The van der Waals surface area contributed by atoms with Gasteiger partial charge in [0.15, 0.2) is 6.61 Å². The average molecular weight is 264 g/mol. The van der Waals surface area contributed by atoms with Crippen LogP contribution in [0.2, 0.25) is 0 Å². The largest absolute Gasteiger partial charge is 0.482 e. The molecule has 0 aromatic heterocycles. The number of benzene rings is 1. The molecular formula is C13H16N2O4. The standard InChI is InChI=1S/C13H16N2O4/c1-14-6-9-3-4-11-10(5-9)15(7-13(17)18-2)12(16)8-19-11/h3-5,14H,6-8H2,1-2H3. The van der Waals surface area contributed by atoms with Crippen LogP contribution < -0.4 is 15.0 Å². The number of esters is 1. The lowest BCUT2D eigenvalue weighted by atomic mass is 10.1. The van der Waals surface area contributed by atoms with E-state index in [1.54, 1.807) is 6.07 Å². The van der Waals surface area contributed by atoms with Crippen LogP contribution in [0.15, 0.2) is 18.2 Å². The van der Waals surface area contributed by atoms with Crippen molar-refractivity contribution in [2.45, 2.75) is 6.54 Å². The van der Waals surface area contributed by atoms with Gasteiger partial charge in [-0.05, 0) is 24.7 Å². The summed E-state index contributed by atoms with van der Waals surface area (Å²) in [4.78, 5) is 24.6. The minimum atomic E-state index is -0.458. The molecule has 0 fully saturated rings. The Morgan fingerprint density at radius 3 is 3.00 bits per heavy atom. The number of hydrogen-bond donors (Lipinski definition) is 1. The van der Waals surface area contributed by atoms with E-state index in [1.165, 1.54) is 12.0 Å². The molecule has 1 aromatic carbocycles. The van der Waals surface area contributed by atoms with Gasteiger partial charge in [-0.15, -0.1) is 0 Å². The summed E-state index contributed by atoms with van der Waals surface area (Å²) in [5.74, 6) is -0.108. The predicted molar refractivity (Wildman–Crippen MR) is 69.1 cm³/mol. The molecule has 0 aliphatic carbocycles. The van der Waals surface area contributed by atoms with Gasteiger partial charge in [-0.3, -0.25) is 14.5 Å². The molecule has 6 heteroatoms. The fourth-order valence-corrected chi connectivity index (χ4v) is 1.93. The number of nitrogens with zero attached hydrogens (tertiary/aromatic N) is 1. The van der Waals surface area contributed by atoms with E-state index in [0.29, 0.717) is 18.0 Å². The first kappa shape index (κ1) is 13.4. The first-order chi connectivity index (χ1) is 9.15. The molecule has 1 N–H and O–H groups in total. The molecular weight excluding hydrogens is 248 g/mol. The van der Waals surface area contributed by atoms with Crippen molar-refractivity contribution in [3.63, 3.8) is 0 Å². The zero-order valence-electron chi connectivity index (χ0n) is 10.9. The molecule has 19 heavy (non-hydrogen) atoms. The van der Waals surface area contributed by atoms with Gasteiger partial charge in [0.05, 0.1) is 12.8 Å². The van der Waals surface area contributed by atoms with Crippen molar-refractivity contribution < 1.29 is 19.1 Å². The summed E-state index contributed by atoms with van der Waals surface area (Å²) in [5, 5.41) is 3.03. The molecule has 6 nitrogen and oxygen atoms in total. The first-order valence-corrected chi connectivity index (χ1v) is 5.93. The Morgan fingerprint density at radius 1 is 1.53 bits per heavy atom. The quantitative estimate of drug-likeness (QED) is 0.792. The Balaban J connectivity index is 2.32. The SMILES string of the molecule is CNCc1ccc2c(c1)N(CC(=O)OC)C(=O)CO2. The minimum Gasteiger partial charge on any atom is -0.482 e. The second kappa shape index (κ2) is 5.71. The van der Waals surface area contributed by atoms with Gasteiger partial charge in [-0.25, -0.2) is 0 Å². The highest BCUT2D eigenvalue weighted by atomic mass is 16.5. The molecule has 1 aliphatic rings. The maximum absolute atomic E-state index is 11.9. The van der Waals surface area contributed by atoms with Crippen LogP contribution in [0.25, 0.3) is 0 Å². The number of ether oxygens (including phenoxy) is 2. The number of carbonyl (C=O) groups excluding carboxylic acids is 2. The van der Waals surface area contributed by atoms with Crippen molar-refractivity contribution in [2.75, 3.05) is 32.2 Å². The maximum atomic E-state index is 11.9. The fourth-order valence-electron chi connectivity index (χ4n) is 1.93. The van der Waals surface area contributed by atoms with E-state index in [4.69, 9.17) is 4.74 Å². The van der Waals surface area contributed by atoms with Crippen LogP contribution in [0.5, 0.6) is 5.75 Å². The lowest BCUT2D eigenvalue weighted by Crippen LogP contribution is -2.42. The number of carbonyl (C=O) groups is 2. The number of fused-ring (bicyclic) bond motifs is 1. The molecule has 1 heterocycles. The van der Waals surface area contributed by atoms with E-state index in [0.717, 1.165) is 5.56 Å². The van der Waals surface area contributed by atoms with E-state index >= 15 is 0 Å². The number of amides is 1. The molecule has 0 saturated carbocycles. The molecule has 0 radical (unpaired) electrons. The molecule has 0 bridgehead atoms. The van der Waals surface area contributed by atoms with Gasteiger partial charge >= 0.3 is 5.97 Å². The number of anilines is 1. The van der Waals surface area contributed by atoms with Crippen molar-refractivity contribution in [3.8, 4) is 5.75 Å². The Hall–Kier alpha value is -2.08. The number of rotatable bonds is 4. The Morgan fingerprint density at radius 2 is 2.32 bits per heavy atom. The summed E-state index contributed by atoms with van der Waals surface area (Å²) in [6.07, 6.45) is 0. The summed E-state index contributed by atoms with van der Waals surface area (Å²) >= 11 is 0. The van der Waals surface area contributed by atoms with Crippen molar-refractivity contribution in [1.29, 1.82) is 0 Å². The summed E-state index contributed by atoms with van der Waals surface area (Å²) in [7, 11) is 3.14. The van der Waals surface area contributed by atoms with Crippen molar-refractivity contribution >= 4 is 17.6 Å². The van der Waals surface area contributed by atoms with E-state index in [1.807, 2.05) is 19.2 Å². The van der Waals surface area contributed by atoms with Gasteiger partial charge in [0.2, 0.25) is 0 Å². The van der Waals surface area contributed by atoms with Crippen LogP contribution in [0.3, 0.4) is 0 Å². The summed E-state index contributed by atoms with van der Waals surface area (Å²) in [5.41, 5.74) is 1.61. The summed E-state index contributed by atoms with van der Waals surface area (Å²) in [6, 6.07) is 5.56. The number of hydrogen-bond acceptors (Lipinski definition) is 5. The predicted octanol–water partition coefficient (Wildman–Crippen LogP) is 0.304. The maximum Gasteiger partial charge on any atom is 0.325 e. The van der Waals surface area contributed by atoms with Crippen LogP contribution in [0.1, 0.15) is 5.56 Å². The molecule has 0 unspecified atom stereocenters. The zero-order chi connectivity index (χ0) is 13.8. The van der Waals surface area contributed by atoms with Crippen molar-refractivity contribution in [2.24, 2.45) is 0 Å². The third kappa shape index (κ3) is 2.85. The lowest BCUT2D eigenvalue weighted by molar-refractivity contribution is -0.140. The van der Waals surface area contributed by atoms with Gasteiger partial charge in [-0.1, -0.05) is 6.07 Å². The van der Waals surface area contributed by atoms with E-state index < -0.39 is 5.97 Å². The molecule has 2 rings (SSSR count).